The Morgan fingerprint density at radius 2 is 1.92 bits per heavy atom. The number of pyridine rings is 1. The van der Waals surface area contributed by atoms with Crippen LogP contribution < -0.4 is 10.1 Å². The number of nitrogens with zero attached hydrogens (tertiary/aromatic N) is 3. The number of likely N-dealkylation sites (tertiary alicyclic amines) is 1. The van der Waals surface area contributed by atoms with E-state index in [-0.39, 0.29) is 24.3 Å². The van der Waals surface area contributed by atoms with Gasteiger partial charge in [-0.25, -0.2) is 0 Å². The van der Waals surface area contributed by atoms with Gasteiger partial charge in [-0.15, -0.1) is 11.3 Å². The molecule has 0 saturated carbocycles. The summed E-state index contributed by atoms with van der Waals surface area (Å²) in [7, 11) is 0. The Labute approximate surface area is 217 Å². The van der Waals surface area contributed by atoms with Crippen molar-refractivity contribution in [1.82, 2.24) is 20.1 Å². The first-order chi connectivity index (χ1) is 17.5. The van der Waals surface area contributed by atoms with Crippen molar-refractivity contribution >= 4 is 50.9 Å². The molecule has 0 bridgehead atoms. The van der Waals surface area contributed by atoms with Crippen molar-refractivity contribution in [2.45, 2.75) is 38.3 Å². The molecule has 10 heteroatoms. The number of aromatic nitrogens is 1. The van der Waals surface area contributed by atoms with E-state index < -0.39 is 6.10 Å². The van der Waals surface area contributed by atoms with Crippen LogP contribution >= 0.6 is 22.9 Å². The lowest BCUT2D eigenvalue weighted by atomic mass is 10.0. The van der Waals surface area contributed by atoms with Gasteiger partial charge in [-0.2, -0.15) is 0 Å². The molecule has 2 fully saturated rings. The van der Waals surface area contributed by atoms with Gasteiger partial charge in [0.05, 0.1) is 16.8 Å². The van der Waals surface area contributed by atoms with Crippen LogP contribution in [0, 0.1) is 0 Å². The van der Waals surface area contributed by atoms with Gasteiger partial charge in [0.1, 0.15) is 5.75 Å². The van der Waals surface area contributed by atoms with Crippen molar-refractivity contribution in [3.63, 3.8) is 0 Å². The second kappa shape index (κ2) is 9.46. The number of amides is 3. The Balaban J connectivity index is 1.33. The number of carbonyl (C=O) groups excluding carboxylic acids is 3. The first-order valence-corrected chi connectivity index (χ1v) is 13.4. The van der Waals surface area contributed by atoms with E-state index in [2.05, 4.69) is 10.3 Å². The zero-order valence-electron chi connectivity index (χ0n) is 19.6. The molecule has 3 aliphatic heterocycles. The molecule has 1 N–H and O–H groups in total. The van der Waals surface area contributed by atoms with Crippen molar-refractivity contribution in [3.8, 4) is 16.9 Å². The topological polar surface area (TPSA) is 91.8 Å². The second-order valence-electron chi connectivity index (χ2n) is 9.34. The summed E-state index contributed by atoms with van der Waals surface area (Å²) in [6, 6.07) is 7.59. The molecular weight excluding hydrogens is 500 g/mol. The van der Waals surface area contributed by atoms with Gasteiger partial charge >= 0.3 is 0 Å². The van der Waals surface area contributed by atoms with Crippen LogP contribution in [0.5, 0.6) is 5.75 Å². The molecule has 0 spiro atoms. The van der Waals surface area contributed by atoms with Gasteiger partial charge in [-0.1, -0.05) is 11.6 Å². The number of carbonyl (C=O) groups is 3. The van der Waals surface area contributed by atoms with E-state index in [1.165, 1.54) is 16.2 Å². The van der Waals surface area contributed by atoms with Crippen LogP contribution in [-0.4, -0.2) is 64.8 Å². The quantitative estimate of drug-likeness (QED) is 0.526. The first-order valence-electron chi connectivity index (χ1n) is 12.2. The number of hydrogen-bond donors (Lipinski definition) is 1. The molecule has 2 saturated heterocycles. The van der Waals surface area contributed by atoms with Crippen molar-refractivity contribution in [1.29, 1.82) is 0 Å². The zero-order chi connectivity index (χ0) is 24.8. The Bertz CT molecular complexity index is 1370. The van der Waals surface area contributed by atoms with Crippen LogP contribution in [0.3, 0.4) is 0 Å². The number of piperidine rings is 1. The minimum Gasteiger partial charge on any atom is -0.479 e. The summed E-state index contributed by atoms with van der Waals surface area (Å²) in [4.78, 5) is 46.4. The van der Waals surface area contributed by atoms with Gasteiger partial charge in [-0.05, 0) is 30.7 Å². The molecule has 8 nitrogen and oxygen atoms in total. The normalized spacial score (nSPS) is 20.1. The average Bonchev–Trinajstić information content (AvgIpc) is 3.49. The highest BCUT2D eigenvalue weighted by atomic mass is 35.5. The van der Waals surface area contributed by atoms with Crippen LogP contribution in [0.2, 0.25) is 5.02 Å². The lowest BCUT2D eigenvalue weighted by molar-refractivity contribution is -0.148. The molecule has 186 valence electrons. The minimum absolute atomic E-state index is 0.00363. The van der Waals surface area contributed by atoms with Crippen molar-refractivity contribution < 1.29 is 19.1 Å². The first kappa shape index (κ1) is 23.4. The van der Waals surface area contributed by atoms with Gasteiger partial charge in [0.25, 0.3) is 5.91 Å². The van der Waals surface area contributed by atoms with Crippen LogP contribution in [0.4, 0.5) is 0 Å². The molecule has 3 aromatic rings. The predicted octanol–water partition coefficient (Wildman–Crippen LogP) is 3.39. The SMILES string of the molecule is O=C(C1Cc2cc(Cl)cc(-c3ccnc4cc(CN5C(=O)CCCC5=O)sc34)c2O1)N1CCNCC1. The Kier molecular flexibility index (Phi) is 6.15. The molecule has 1 atom stereocenters. The maximum atomic E-state index is 13.1. The van der Waals surface area contributed by atoms with Crippen molar-refractivity contribution in [2.75, 3.05) is 26.2 Å². The number of piperazine rings is 1. The van der Waals surface area contributed by atoms with Crippen molar-refractivity contribution in [3.05, 3.63) is 45.9 Å². The molecule has 3 aliphatic rings. The average molecular weight is 525 g/mol. The fraction of sp³-hybridized carbons (Fsp3) is 0.385. The summed E-state index contributed by atoms with van der Waals surface area (Å²) in [6.45, 7) is 3.17. The Hall–Kier alpha value is -3.01. The molecule has 6 rings (SSSR count). The molecule has 2 aromatic heterocycles. The van der Waals surface area contributed by atoms with E-state index in [0.29, 0.717) is 49.5 Å². The van der Waals surface area contributed by atoms with E-state index in [0.717, 1.165) is 44.9 Å². The number of halogens is 1. The standard InChI is InChI=1S/C26H25ClN4O4S/c27-16-10-15-11-21(26(34)30-8-6-28-7-9-30)35-24(15)19(12-16)18-4-5-29-20-13-17(36-25(18)20)14-31-22(32)2-1-3-23(31)33/h4-5,10,12-13,21,28H,1-3,6-9,11,14H2. The lowest BCUT2D eigenvalue weighted by Gasteiger charge is -2.29. The van der Waals surface area contributed by atoms with Gasteiger partial charge in [0.2, 0.25) is 11.8 Å². The maximum absolute atomic E-state index is 13.1. The fourth-order valence-corrected chi connectivity index (χ4v) is 6.53. The number of nitrogens with one attached hydrogen (secondary N) is 1. The van der Waals surface area contributed by atoms with Gasteiger partial charge in [0.15, 0.2) is 6.10 Å². The second-order valence-corrected chi connectivity index (χ2v) is 10.9. The number of fused-ring (bicyclic) bond motifs is 2. The van der Waals surface area contributed by atoms with Crippen LogP contribution in [0.1, 0.15) is 29.7 Å². The number of thiophene rings is 1. The number of hydrogen-bond acceptors (Lipinski definition) is 7. The fourth-order valence-electron chi connectivity index (χ4n) is 5.16. The van der Waals surface area contributed by atoms with Crippen LogP contribution in [0.25, 0.3) is 21.3 Å². The van der Waals surface area contributed by atoms with E-state index >= 15 is 0 Å². The van der Waals surface area contributed by atoms with Crippen LogP contribution in [0.15, 0.2) is 30.5 Å². The summed E-state index contributed by atoms with van der Waals surface area (Å²) in [5.41, 5.74) is 3.42. The summed E-state index contributed by atoms with van der Waals surface area (Å²) in [5, 5.41) is 3.85. The van der Waals surface area contributed by atoms with E-state index in [9.17, 15) is 14.4 Å². The lowest BCUT2D eigenvalue weighted by Crippen LogP contribution is -2.50. The third-order valence-corrected chi connectivity index (χ3v) is 8.31. The van der Waals surface area contributed by atoms with Crippen LogP contribution in [-0.2, 0) is 27.3 Å². The Morgan fingerprint density at radius 1 is 1.14 bits per heavy atom. The maximum Gasteiger partial charge on any atom is 0.264 e. The van der Waals surface area contributed by atoms with E-state index in [1.54, 1.807) is 6.20 Å². The molecule has 0 aliphatic carbocycles. The summed E-state index contributed by atoms with van der Waals surface area (Å²) in [5.74, 6) is 0.428. The molecule has 0 radical (unpaired) electrons. The molecule has 5 heterocycles. The highest BCUT2D eigenvalue weighted by molar-refractivity contribution is 7.19. The monoisotopic (exact) mass is 524 g/mol. The summed E-state index contributed by atoms with van der Waals surface area (Å²) in [6.07, 6.45) is 3.07. The van der Waals surface area contributed by atoms with Gasteiger partial charge in [0, 0.05) is 78.2 Å². The third kappa shape index (κ3) is 4.25. The number of rotatable bonds is 4. The van der Waals surface area contributed by atoms with Crippen molar-refractivity contribution in [2.24, 2.45) is 0 Å². The molecule has 1 unspecified atom stereocenters. The third-order valence-electron chi connectivity index (χ3n) is 6.95. The minimum atomic E-state index is -0.567. The zero-order valence-corrected chi connectivity index (χ0v) is 21.2. The van der Waals surface area contributed by atoms with E-state index in [1.807, 2.05) is 29.2 Å². The highest BCUT2D eigenvalue weighted by Gasteiger charge is 2.35. The van der Waals surface area contributed by atoms with Gasteiger partial charge in [-0.3, -0.25) is 24.3 Å². The van der Waals surface area contributed by atoms with E-state index in [4.69, 9.17) is 16.3 Å². The highest BCUT2D eigenvalue weighted by Crippen LogP contribution is 2.45. The molecule has 1 aromatic carbocycles. The number of benzene rings is 1. The summed E-state index contributed by atoms with van der Waals surface area (Å²) < 4.78 is 7.21. The number of ether oxygens (including phenoxy) is 1. The molecule has 36 heavy (non-hydrogen) atoms. The Morgan fingerprint density at radius 3 is 2.69 bits per heavy atom. The summed E-state index contributed by atoms with van der Waals surface area (Å²) >= 11 is 8.03. The molecular formula is C26H25ClN4O4S. The predicted molar refractivity (Wildman–Crippen MR) is 137 cm³/mol. The number of imide groups is 1. The molecule has 3 amide bonds. The smallest absolute Gasteiger partial charge is 0.264 e. The van der Waals surface area contributed by atoms with Gasteiger partial charge < -0.3 is 15.0 Å². The largest absolute Gasteiger partial charge is 0.479 e.